The average Bonchev–Trinajstić information content (AvgIpc) is 2.17. The minimum Gasteiger partial charge on any atom is -0.398 e. The van der Waals surface area contributed by atoms with Gasteiger partial charge in [-0.15, -0.1) is 0 Å². The van der Waals surface area contributed by atoms with E-state index in [4.69, 9.17) is 11.5 Å². The number of rotatable bonds is 1. The molecule has 0 aliphatic rings. The Bertz CT molecular complexity index is 461. The summed E-state index contributed by atoms with van der Waals surface area (Å²) < 4.78 is 0. The van der Waals surface area contributed by atoms with Crippen molar-refractivity contribution in [3.05, 3.63) is 42.0 Å². The maximum atomic E-state index is 5.91. The summed E-state index contributed by atoms with van der Waals surface area (Å²) in [6.07, 6.45) is 0. The standard InChI is InChI=1S/C12H14N2/c1-8(13)12-10-5-3-2-4-9(10)6-7-11(12)14/h2-8H,13-14H2,1H3. The Morgan fingerprint density at radius 1 is 1.07 bits per heavy atom. The van der Waals surface area contributed by atoms with Crippen LogP contribution in [0.5, 0.6) is 0 Å². The Hall–Kier alpha value is -1.54. The van der Waals surface area contributed by atoms with Gasteiger partial charge in [-0.25, -0.2) is 0 Å². The van der Waals surface area contributed by atoms with Gasteiger partial charge in [-0.3, -0.25) is 0 Å². The van der Waals surface area contributed by atoms with Gasteiger partial charge in [-0.05, 0) is 29.3 Å². The van der Waals surface area contributed by atoms with Crippen molar-refractivity contribution in [1.29, 1.82) is 0 Å². The van der Waals surface area contributed by atoms with Gasteiger partial charge in [-0.1, -0.05) is 30.3 Å². The summed E-state index contributed by atoms with van der Waals surface area (Å²) in [6, 6.07) is 12.1. The molecule has 0 amide bonds. The Kier molecular flexibility index (Phi) is 2.14. The summed E-state index contributed by atoms with van der Waals surface area (Å²) in [7, 11) is 0. The van der Waals surface area contributed by atoms with Crippen molar-refractivity contribution in [3.63, 3.8) is 0 Å². The molecule has 0 bridgehead atoms. The second-order valence-corrected chi connectivity index (χ2v) is 3.58. The second-order valence-electron chi connectivity index (χ2n) is 3.58. The number of nitrogen functional groups attached to an aromatic ring is 1. The Morgan fingerprint density at radius 3 is 2.50 bits per heavy atom. The number of fused-ring (bicyclic) bond motifs is 1. The zero-order chi connectivity index (χ0) is 10.1. The average molecular weight is 186 g/mol. The molecule has 0 aliphatic heterocycles. The molecule has 4 N–H and O–H groups in total. The van der Waals surface area contributed by atoms with Crippen molar-refractivity contribution in [1.82, 2.24) is 0 Å². The van der Waals surface area contributed by atoms with Crippen LogP contribution in [-0.2, 0) is 0 Å². The summed E-state index contributed by atoms with van der Waals surface area (Å²) in [4.78, 5) is 0. The Balaban J connectivity index is 2.83. The molecule has 0 saturated heterocycles. The summed E-state index contributed by atoms with van der Waals surface area (Å²) in [5, 5.41) is 2.34. The summed E-state index contributed by atoms with van der Waals surface area (Å²) in [6.45, 7) is 1.96. The number of hydrogen-bond donors (Lipinski definition) is 2. The van der Waals surface area contributed by atoms with Crippen LogP contribution in [0.15, 0.2) is 36.4 Å². The van der Waals surface area contributed by atoms with Crippen molar-refractivity contribution in [2.45, 2.75) is 13.0 Å². The molecule has 1 atom stereocenters. The quantitative estimate of drug-likeness (QED) is 0.672. The van der Waals surface area contributed by atoms with Gasteiger partial charge in [0.25, 0.3) is 0 Å². The van der Waals surface area contributed by atoms with E-state index in [9.17, 15) is 0 Å². The molecule has 2 heteroatoms. The van der Waals surface area contributed by atoms with Crippen LogP contribution in [-0.4, -0.2) is 0 Å². The Morgan fingerprint density at radius 2 is 1.79 bits per heavy atom. The lowest BCUT2D eigenvalue weighted by Gasteiger charge is -2.12. The van der Waals surface area contributed by atoms with E-state index in [0.29, 0.717) is 0 Å². The molecule has 2 rings (SSSR count). The second kappa shape index (κ2) is 3.31. The van der Waals surface area contributed by atoms with Crippen LogP contribution in [0.2, 0.25) is 0 Å². The van der Waals surface area contributed by atoms with E-state index in [-0.39, 0.29) is 6.04 Å². The van der Waals surface area contributed by atoms with Crippen LogP contribution in [0.1, 0.15) is 18.5 Å². The highest BCUT2D eigenvalue weighted by molar-refractivity contribution is 5.90. The van der Waals surface area contributed by atoms with E-state index in [2.05, 4.69) is 12.1 Å². The van der Waals surface area contributed by atoms with Crippen LogP contribution in [0.4, 0.5) is 5.69 Å². The monoisotopic (exact) mass is 186 g/mol. The largest absolute Gasteiger partial charge is 0.398 e. The molecular formula is C12H14N2. The first-order chi connectivity index (χ1) is 6.70. The van der Waals surface area contributed by atoms with Crippen molar-refractivity contribution < 1.29 is 0 Å². The van der Waals surface area contributed by atoms with Crippen molar-refractivity contribution in [3.8, 4) is 0 Å². The highest BCUT2D eigenvalue weighted by Gasteiger charge is 2.08. The molecule has 0 heterocycles. The molecule has 2 aromatic rings. The normalized spacial score (nSPS) is 13.0. The van der Waals surface area contributed by atoms with Crippen molar-refractivity contribution >= 4 is 16.5 Å². The van der Waals surface area contributed by atoms with Gasteiger partial charge in [0.2, 0.25) is 0 Å². The maximum Gasteiger partial charge on any atom is 0.0368 e. The van der Waals surface area contributed by atoms with Gasteiger partial charge in [0.1, 0.15) is 0 Å². The minimum absolute atomic E-state index is 0.0268. The first kappa shape index (κ1) is 9.03. The van der Waals surface area contributed by atoms with Gasteiger partial charge in [0.05, 0.1) is 0 Å². The fraction of sp³-hybridized carbons (Fsp3) is 0.167. The first-order valence-electron chi connectivity index (χ1n) is 4.73. The zero-order valence-electron chi connectivity index (χ0n) is 8.20. The van der Waals surface area contributed by atoms with Gasteiger partial charge < -0.3 is 11.5 Å². The SMILES string of the molecule is CC(N)c1c(N)ccc2ccccc12. The molecule has 14 heavy (non-hydrogen) atoms. The highest BCUT2D eigenvalue weighted by atomic mass is 14.7. The van der Waals surface area contributed by atoms with E-state index >= 15 is 0 Å². The third-order valence-corrected chi connectivity index (χ3v) is 2.46. The van der Waals surface area contributed by atoms with Gasteiger partial charge in [0, 0.05) is 11.7 Å². The topological polar surface area (TPSA) is 52.0 Å². The number of anilines is 1. The van der Waals surface area contributed by atoms with E-state index in [1.54, 1.807) is 0 Å². The lowest BCUT2D eigenvalue weighted by atomic mass is 9.98. The van der Waals surface area contributed by atoms with Crippen molar-refractivity contribution in [2.24, 2.45) is 5.73 Å². The van der Waals surface area contributed by atoms with E-state index in [1.807, 2.05) is 31.2 Å². The van der Waals surface area contributed by atoms with Gasteiger partial charge in [-0.2, -0.15) is 0 Å². The predicted octanol–water partition coefficient (Wildman–Crippen LogP) is 2.44. The molecule has 0 fully saturated rings. The third-order valence-electron chi connectivity index (χ3n) is 2.46. The first-order valence-corrected chi connectivity index (χ1v) is 4.73. The molecule has 0 saturated carbocycles. The van der Waals surface area contributed by atoms with Crippen LogP contribution in [0, 0.1) is 0 Å². The molecule has 0 radical (unpaired) electrons. The zero-order valence-corrected chi connectivity index (χ0v) is 8.20. The smallest absolute Gasteiger partial charge is 0.0368 e. The molecule has 0 spiro atoms. The molecule has 72 valence electrons. The van der Waals surface area contributed by atoms with Crippen LogP contribution in [0.3, 0.4) is 0 Å². The molecule has 0 aliphatic carbocycles. The maximum absolute atomic E-state index is 5.91. The van der Waals surface area contributed by atoms with E-state index in [1.165, 1.54) is 5.39 Å². The lowest BCUT2D eigenvalue weighted by molar-refractivity contribution is 0.829. The lowest BCUT2D eigenvalue weighted by Crippen LogP contribution is -2.08. The minimum atomic E-state index is -0.0268. The molecule has 2 aromatic carbocycles. The highest BCUT2D eigenvalue weighted by Crippen LogP contribution is 2.28. The summed E-state index contributed by atoms with van der Waals surface area (Å²) in [5.41, 5.74) is 13.6. The third kappa shape index (κ3) is 1.34. The van der Waals surface area contributed by atoms with E-state index < -0.39 is 0 Å². The predicted molar refractivity (Wildman–Crippen MR) is 61.0 cm³/mol. The van der Waals surface area contributed by atoms with Gasteiger partial charge >= 0.3 is 0 Å². The molecule has 1 unspecified atom stereocenters. The van der Waals surface area contributed by atoms with Crippen LogP contribution < -0.4 is 11.5 Å². The number of benzene rings is 2. The number of nitrogens with two attached hydrogens (primary N) is 2. The van der Waals surface area contributed by atoms with E-state index in [0.717, 1.165) is 16.6 Å². The molecule has 2 nitrogen and oxygen atoms in total. The fourth-order valence-electron chi connectivity index (χ4n) is 1.82. The fourth-order valence-corrected chi connectivity index (χ4v) is 1.82. The summed E-state index contributed by atoms with van der Waals surface area (Å²) >= 11 is 0. The summed E-state index contributed by atoms with van der Waals surface area (Å²) in [5.74, 6) is 0. The molecular weight excluding hydrogens is 172 g/mol. The molecule has 0 aromatic heterocycles. The number of hydrogen-bond acceptors (Lipinski definition) is 2. The van der Waals surface area contributed by atoms with Crippen molar-refractivity contribution in [2.75, 3.05) is 5.73 Å². The Labute approximate surface area is 83.5 Å². The van der Waals surface area contributed by atoms with Crippen LogP contribution >= 0.6 is 0 Å². The van der Waals surface area contributed by atoms with Crippen LogP contribution in [0.25, 0.3) is 10.8 Å². The van der Waals surface area contributed by atoms with Gasteiger partial charge in [0.15, 0.2) is 0 Å².